The highest BCUT2D eigenvalue weighted by Gasteiger charge is 2.03. The van der Waals surface area contributed by atoms with Crippen molar-refractivity contribution in [3.8, 4) is 11.5 Å². The number of aromatic amines is 1. The molecule has 2 aromatic carbocycles. The SMILES string of the molecule is O=c1[nH]c2cc(NCc3ccc(O)c(O)c3)ccc2o1. The Morgan fingerprint density at radius 2 is 1.95 bits per heavy atom. The molecule has 0 fully saturated rings. The van der Waals surface area contributed by atoms with Crippen LogP contribution in [0.3, 0.4) is 0 Å². The third kappa shape index (κ3) is 2.31. The lowest BCUT2D eigenvalue weighted by Crippen LogP contribution is -1.99. The Labute approximate surface area is 113 Å². The van der Waals surface area contributed by atoms with Gasteiger partial charge in [-0.25, -0.2) is 4.79 Å². The zero-order chi connectivity index (χ0) is 14.1. The van der Waals surface area contributed by atoms with Crippen LogP contribution in [0.2, 0.25) is 0 Å². The number of benzene rings is 2. The summed E-state index contributed by atoms with van der Waals surface area (Å²) < 4.78 is 4.91. The average molecular weight is 272 g/mol. The van der Waals surface area contributed by atoms with Gasteiger partial charge in [0.25, 0.3) is 0 Å². The first-order chi connectivity index (χ1) is 9.61. The van der Waals surface area contributed by atoms with E-state index < -0.39 is 5.76 Å². The summed E-state index contributed by atoms with van der Waals surface area (Å²) in [6, 6.07) is 9.88. The smallest absolute Gasteiger partial charge is 0.417 e. The number of H-pyrrole nitrogens is 1. The van der Waals surface area contributed by atoms with Gasteiger partial charge in [-0.3, -0.25) is 4.98 Å². The Balaban J connectivity index is 1.78. The van der Waals surface area contributed by atoms with E-state index in [4.69, 9.17) is 4.42 Å². The number of phenols is 2. The van der Waals surface area contributed by atoms with Gasteiger partial charge < -0.3 is 19.9 Å². The maximum Gasteiger partial charge on any atom is 0.417 e. The van der Waals surface area contributed by atoms with Gasteiger partial charge in [0.2, 0.25) is 0 Å². The van der Waals surface area contributed by atoms with E-state index in [1.165, 1.54) is 12.1 Å². The summed E-state index contributed by atoms with van der Waals surface area (Å²) in [6.07, 6.45) is 0. The first-order valence-corrected chi connectivity index (χ1v) is 5.99. The number of fused-ring (bicyclic) bond motifs is 1. The number of hydrogen-bond acceptors (Lipinski definition) is 5. The highest BCUT2D eigenvalue weighted by Crippen LogP contribution is 2.25. The van der Waals surface area contributed by atoms with Gasteiger partial charge in [0.1, 0.15) is 0 Å². The second-order valence-electron chi connectivity index (χ2n) is 4.40. The number of anilines is 1. The van der Waals surface area contributed by atoms with Crippen LogP contribution in [0.1, 0.15) is 5.56 Å². The Hall–Kier alpha value is -2.89. The number of oxazole rings is 1. The highest BCUT2D eigenvalue weighted by molar-refractivity contribution is 5.76. The van der Waals surface area contributed by atoms with E-state index in [1.807, 2.05) is 0 Å². The highest BCUT2D eigenvalue weighted by atomic mass is 16.4. The fourth-order valence-electron chi connectivity index (χ4n) is 1.95. The normalized spacial score (nSPS) is 10.8. The average Bonchev–Trinajstić information content (AvgIpc) is 2.79. The topological polar surface area (TPSA) is 98.5 Å². The van der Waals surface area contributed by atoms with Crippen LogP contribution < -0.4 is 11.1 Å². The molecule has 0 saturated heterocycles. The quantitative estimate of drug-likeness (QED) is 0.547. The number of rotatable bonds is 3. The van der Waals surface area contributed by atoms with Crippen LogP contribution in [0.15, 0.2) is 45.6 Å². The molecule has 0 radical (unpaired) electrons. The molecule has 0 unspecified atom stereocenters. The Morgan fingerprint density at radius 3 is 2.75 bits per heavy atom. The number of hydrogen-bond donors (Lipinski definition) is 4. The van der Waals surface area contributed by atoms with Gasteiger partial charge in [-0.1, -0.05) is 6.07 Å². The Morgan fingerprint density at radius 1 is 1.10 bits per heavy atom. The number of aromatic nitrogens is 1. The molecule has 102 valence electrons. The first-order valence-electron chi connectivity index (χ1n) is 5.99. The molecule has 0 aliphatic rings. The van der Waals surface area contributed by atoms with Crippen LogP contribution in [0.25, 0.3) is 11.1 Å². The summed E-state index contributed by atoms with van der Waals surface area (Å²) in [5.41, 5.74) is 2.75. The van der Waals surface area contributed by atoms with Crippen molar-refractivity contribution in [2.45, 2.75) is 6.54 Å². The van der Waals surface area contributed by atoms with Crippen LogP contribution in [-0.4, -0.2) is 15.2 Å². The van der Waals surface area contributed by atoms with E-state index in [1.54, 1.807) is 24.3 Å². The van der Waals surface area contributed by atoms with E-state index in [0.29, 0.717) is 17.6 Å². The summed E-state index contributed by atoms with van der Waals surface area (Å²) in [7, 11) is 0. The van der Waals surface area contributed by atoms with E-state index in [9.17, 15) is 15.0 Å². The lowest BCUT2D eigenvalue weighted by atomic mass is 10.2. The molecule has 3 rings (SSSR count). The predicted octanol–water partition coefficient (Wildman–Crippen LogP) is 2.14. The lowest BCUT2D eigenvalue weighted by molar-refractivity contribution is 0.403. The standard InChI is InChI=1S/C14H12N2O4/c17-11-3-1-8(5-12(11)18)7-15-9-2-4-13-10(6-9)16-14(19)20-13/h1-6,15,17-18H,7H2,(H,16,19). The monoisotopic (exact) mass is 272 g/mol. The molecular formula is C14H12N2O4. The Bertz CT molecular complexity index is 819. The molecule has 6 nitrogen and oxygen atoms in total. The molecular weight excluding hydrogens is 260 g/mol. The minimum absolute atomic E-state index is 0.147. The molecule has 1 heterocycles. The van der Waals surface area contributed by atoms with Gasteiger partial charge in [0.15, 0.2) is 17.1 Å². The third-order valence-corrected chi connectivity index (χ3v) is 2.96. The van der Waals surface area contributed by atoms with E-state index in [0.717, 1.165) is 11.3 Å². The van der Waals surface area contributed by atoms with Gasteiger partial charge in [-0.15, -0.1) is 0 Å². The summed E-state index contributed by atoms with van der Waals surface area (Å²) in [4.78, 5) is 13.6. The van der Waals surface area contributed by atoms with E-state index in [-0.39, 0.29) is 11.5 Å². The van der Waals surface area contributed by atoms with Crippen molar-refractivity contribution in [2.75, 3.05) is 5.32 Å². The van der Waals surface area contributed by atoms with E-state index in [2.05, 4.69) is 10.3 Å². The van der Waals surface area contributed by atoms with Crippen molar-refractivity contribution in [1.82, 2.24) is 4.98 Å². The van der Waals surface area contributed by atoms with Gasteiger partial charge >= 0.3 is 5.76 Å². The van der Waals surface area contributed by atoms with Crippen molar-refractivity contribution in [3.63, 3.8) is 0 Å². The van der Waals surface area contributed by atoms with Crippen LogP contribution in [0, 0.1) is 0 Å². The van der Waals surface area contributed by atoms with Crippen LogP contribution in [0.4, 0.5) is 5.69 Å². The lowest BCUT2D eigenvalue weighted by Gasteiger charge is -2.07. The van der Waals surface area contributed by atoms with Crippen molar-refractivity contribution in [3.05, 3.63) is 52.5 Å². The van der Waals surface area contributed by atoms with Crippen molar-refractivity contribution in [2.24, 2.45) is 0 Å². The van der Waals surface area contributed by atoms with Crippen LogP contribution in [0.5, 0.6) is 11.5 Å². The number of nitrogens with one attached hydrogen (secondary N) is 2. The van der Waals surface area contributed by atoms with Gasteiger partial charge in [-0.05, 0) is 35.9 Å². The maximum atomic E-state index is 11.1. The molecule has 3 aromatic rings. The summed E-state index contributed by atoms with van der Waals surface area (Å²) >= 11 is 0. The second kappa shape index (κ2) is 4.65. The fourth-order valence-corrected chi connectivity index (χ4v) is 1.95. The molecule has 0 atom stereocenters. The summed E-state index contributed by atoms with van der Waals surface area (Å²) in [5, 5.41) is 21.8. The molecule has 20 heavy (non-hydrogen) atoms. The Kier molecular flexibility index (Phi) is 2.83. The van der Waals surface area contributed by atoms with Crippen LogP contribution >= 0.6 is 0 Å². The minimum atomic E-state index is -0.486. The molecule has 0 spiro atoms. The van der Waals surface area contributed by atoms with Crippen molar-refractivity contribution in [1.29, 1.82) is 0 Å². The largest absolute Gasteiger partial charge is 0.504 e. The van der Waals surface area contributed by atoms with Crippen LogP contribution in [-0.2, 0) is 6.54 Å². The molecule has 0 saturated carbocycles. The van der Waals surface area contributed by atoms with Gasteiger partial charge in [0.05, 0.1) is 5.52 Å². The summed E-state index contributed by atoms with van der Waals surface area (Å²) in [6.45, 7) is 0.474. The number of aromatic hydroxyl groups is 2. The third-order valence-electron chi connectivity index (χ3n) is 2.96. The predicted molar refractivity (Wildman–Crippen MR) is 73.9 cm³/mol. The van der Waals surface area contributed by atoms with E-state index >= 15 is 0 Å². The van der Waals surface area contributed by atoms with Gasteiger partial charge in [-0.2, -0.15) is 0 Å². The van der Waals surface area contributed by atoms with Crippen molar-refractivity contribution < 1.29 is 14.6 Å². The number of phenolic OH excluding ortho intramolecular Hbond substituents is 2. The maximum absolute atomic E-state index is 11.1. The molecule has 6 heteroatoms. The first kappa shape index (κ1) is 12.2. The molecule has 0 amide bonds. The second-order valence-corrected chi connectivity index (χ2v) is 4.40. The summed E-state index contributed by atoms with van der Waals surface area (Å²) in [5.74, 6) is -0.786. The molecule has 1 aromatic heterocycles. The zero-order valence-electron chi connectivity index (χ0n) is 10.4. The fraction of sp³-hybridized carbons (Fsp3) is 0.0714. The molecule has 4 N–H and O–H groups in total. The molecule has 0 aliphatic heterocycles. The van der Waals surface area contributed by atoms with Crippen molar-refractivity contribution >= 4 is 16.8 Å². The zero-order valence-corrected chi connectivity index (χ0v) is 10.4. The minimum Gasteiger partial charge on any atom is -0.504 e. The molecule has 0 bridgehead atoms. The van der Waals surface area contributed by atoms with Gasteiger partial charge in [0, 0.05) is 12.2 Å². The molecule has 0 aliphatic carbocycles.